The average Bonchev–Trinajstić information content (AvgIpc) is 2.54. The fourth-order valence-corrected chi connectivity index (χ4v) is 2.22. The first-order valence-electron chi connectivity index (χ1n) is 6.51. The molecule has 1 aromatic heterocycles. The van der Waals surface area contributed by atoms with Gasteiger partial charge in [-0.3, -0.25) is 4.79 Å². The van der Waals surface area contributed by atoms with Crippen LogP contribution in [0.3, 0.4) is 0 Å². The van der Waals surface area contributed by atoms with E-state index >= 15 is 0 Å². The van der Waals surface area contributed by atoms with Crippen LogP contribution in [0.1, 0.15) is 15.9 Å². The Kier molecular flexibility index (Phi) is 5.86. The topological polar surface area (TPSA) is 60.5 Å². The minimum atomic E-state index is -2.93. The molecule has 1 aromatic carbocycles. The van der Waals surface area contributed by atoms with Crippen LogP contribution >= 0.6 is 15.9 Å². The minimum absolute atomic E-state index is 0.0105. The highest BCUT2D eigenvalue weighted by Crippen LogP contribution is 2.24. The number of methoxy groups -OCH3 is 1. The van der Waals surface area contributed by atoms with Gasteiger partial charge in [0, 0.05) is 28.8 Å². The fraction of sp³-hybridized carbons (Fsp3) is 0.200. The maximum atomic E-state index is 12.4. The average molecular weight is 387 g/mol. The summed E-state index contributed by atoms with van der Waals surface area (Å²) in [5.41, 5.74) is 0.756. The van der Waals surface area contributed by atoms with E-state index in [1.54, 1.807) is 24.3 Å². The predicted octanol–water partition coefficient (Wildman–Crippen LogP) is 3.38. The number of hydrogen-bond donors (Lipinski definition) is 1. The van der Waals surface area contributed by atoms with Crippen molar-refractivity contribution in [1.29, 1.82) is 0 Å². The van der Waals surface area contributed by atoms with Gasteiger partial charge in [-0.1, -0.05) is 15.9 Å². The van der Waals surface area contributed by atoms with Gasteiger partial charge in [0.25, 0.3) is 5.91 Å². The molecule has 0 atom stereocenters. The highest BCUT2D eigenvalue weighted by Gasteiger charge is 2.12. The van der Waals surface area contributed by atoms with Crippen LogP contribution in [0.4, 0.5) is 8.78 Å². The molecule has 1 N–H and O–H groups in total. The molecule has 0 radical (unpaired) electrons. The molecule has 1 heterocycles. The molecule has 0 saturated heterocycles. The number of carbonyl (C=O) groups is 1. The van der Waals surface area contributed by atoms with Crippen molar-refractivity contribution in [1.82, 2.24) is 10.3 Å². The molecule has 23 heavy (non-hydrogen) atoms. The molecule has 0 spiro atoms. The van der Waals surface area contributed by atoms with E-state index in [2.05, 4.69) is 31.0 Å². The molecule has 1 amide bonds. The minimum Gasteiger partial charge on any atom is -0.481 e. The van der Waals surface area contributed by atoms with Crippen LogP contribution in [0.2, 0.25) is 0 Å². The number of alkyl halides is 2. The van der Waals surface area contributed by atoms with Gasteiger partial charge in [0.2, 0.25) is 5.88 Å². The van der Waals surface area contributed by atoms with Gasteiger partial charge in [-0.2, -0.15) is 8.78 Å². The number of hydrogen-bond acceptors (Lipinski definition) is 4. The summed E-state index contributed by atoms with van der Waals surface area (Å²) in [7, 11) is 1.47. The second-order valence-electron chi connectivity index (χ2n) is 4.40. The maximum Gasteiger partial charge on any atom is 0.387 e. The zero-order chi connectivity index (χ0) is 16.8. The van der Waals surface area contributed by atoms with Crippen molar-refractivity contribution < 1.29 is 23.0 Å². The monoisotopic (exact) mass is 386 g/mol. The van der Waals surface area contributed by atoms with Gasteiger partial charge in [0.15, 0.2) is 0 Å². The summed E-state index contributed by atoms with van der Waals surface area (Å²) in [6.45, 7) is -2.90. The number of pyridine rings is 1. The van der Waals surface area contributed by atoms with Crippen molar-refractivity contribution in [3.8, 4) is 11.6 Å². The van der Waals surface area contributed by atoms with Crippen LogP contribution in [-0.4, -0.2) is 24.6 Å². The second kappa shape index (κ2) is 7.87. The van der Waals surface area contributed by atoms with Crippen molar-refractivity contribution in [3.05, 3.63) is 52.1 Å². The molecule has 0 bridgehead atoms. The maximum absolute atomic E-state index is 12.4. The van der Waals surface area contributed by atoms with Crippen LogP contribution in [0.25, 0.3) is 0 Å². The Morgan fingerprint density at radius 3 is 2.74 bits per heavy atom. The number of ether oxygens (including phenoxy) is 2. The predicted molar refractivity (Wildman–Crippen MR) is 82.7 cm³/mol. The van der Waals surface area contributed by atoms with Crippen molar-refractivity contribution in [2.45, 2.75) is 13.2 Å². The van der Waals surface area contributed by atoms with E-state index in [9.17, 15) is 13.6 Å². The SMILES string of the molecule is COc1ccc(C(=O)NCc2cc(Br)ccc2OC(F)F)cn1. The van der Waals surface area contributed by atoms with Gasteiger partial charge in [-0.15, -0.1) is 0 Å². The molecule has 0 unspecified atom stereocenters. The Bertz CT molecular complexity index is 681. The van der Waals surface area contributed by atoms with Gasteiger partial charge in [-0.25, -0.2) is 4.98 Å². The third-order valence-electron chi connectivity index (χ3n) is 2.89. The normalized spacial score (nSPS) is 10.5. The quantitative estimate of drug-likeness (QED) is 0.826. The lowest BCUT2D eigenvalue weighted by Crippen LogP contribution is -2.23. The van der Waals surface area contributed by atoms with Gasteiger partial charge >= 0.3 is 6.61 Å². The van der Waals surface area contributed by atoms with Gasteiger partial charge < -0.3 is 14.8 Å². The number of rotatable bonds is 6. The molecule has 0 aliphatic heterocycles. The number of nitrogens with one attached hydrogen (secondary N) is 1. The first-order valence-corrected chi connectivity index (χ1v) is 7.30. The zero-order valence-electron chi connectivity index (χ0n) is 12.1. The standard InChI is InChI=1S/C15H13BrF2N2O3/c1-22-13-5-2-9(7-19-13)14(21)20-8-10-6-11(16)3-4-12(10)23-15(17)18/h2-7,15H,8H2,1H3,(H,20,21). The Morgan fingerprint density at radius 1 is 1.35 bits per heavy atom. The summed E-state index contributed by atoms with van der Waals surface area (Å²) in [5, 5.41) is 2.63. The molecule has 0 saturated carbocycles. The van der Waals surface area contributed by atoms with E-state index < -0.39 is 6.61 Å². The number of nitrogens with zero attached hydrogens (tertiary/aromatic N) is 1. The van der Waals surface area contributed by atoms with Gasteiger partial charge in [0.1, 0.15) is 5.75 Å². The fourth-order valence-electron chi connectivity index (χ4n) is 1.81. The van der Waals surface area contributed by atoms with E-state index in [0.29, 0.717) is 21.5 Å². The Hall–Kier alpha value is -2.22. The third-order valence-corrected chi connectivity index (χ3v) is 3.38. The molecule has 8 heteroatoms. The van der Waals surface area contributed by atoms with Gasteiger partial charge in [0.05, 0.1) is 12.7 Å². The molecule has 0 aliphatic rings. The van der Waals surface area contributed by atoms with Crippen molar-refractivity contribution >= 4 is 21.8 Å². The molecular weight excluding hydrogens is 374 g/mol. The number of halogens is 3. The summed E-state index contributed by atoms with van der Waals surface area (Å²) in [6.07, 6.45) is 1.37. The van der Waals surface area contributed by atoms with Crippen molar-refractivity contribution in [2.75, 3.05) is 7.11 Å². The lowest BCUT2D eigenvalue weighted by Gasteiger charge is -2.12. The lowest BCUT2D eigenvalue weighted by molar-refractivity contribution is -0.0504. The highest BCUT2D eigenvalue weighted by molar-refractivity contribution is 9.10. The number of carbonyl (C=O) groups excluding carboxylic acids is 1. The summed E-state index contributed by atoms with van der Waals surface area (Å²) >= 11 is 3.25. The van der Waals surface area contributed by atoms with Crippen LogP contribution in [0.15, 0.2) is 41.0 Å². The van der Waals surface area contributed by atoms with Crippen LogP contribution < -0.4 is 14.8 Å². The molecule has 0 fully saturated rings. The largest absolute Gasteiger partial charge is 0.481 e. The van der Waals surface area contributed by atoms with Crippen molar-refractivity contribution in [2.24, 2.45) is 0 Å². The molecule has 2 rings (SSSR count). The van der Waals surface area contributed by atoms with E-state index in [1.165, 1.54) is 19.4 Å². The highest BCUT2D eigenvalue weighted by atomic mass is 79.9. The lowest BCUT2D eigenvalue weighted by atomic mass is 10.2. The summed E-state index contributed by atoms with van der Waals surface area (Å²) in [6, 6.07) is 7.70. The van der Waals surface area contributed by atoms with Crippen LogP contribution in [0, 0.1) is 0 Å². The summed E-state index contributed by atoms with van der Waals surface area (Å²) in [4.78, 5) is 16.0. The van der Waals surface area contributed by atoms with E-state index in [-0.39, 0.29) is 18.2 Å². The molecule has 2 aromatic rings. The number of benzene rings is 1. The summed E-state index contributed by atoms with van der Waals surface area (Å²) in [5.74, 6) is 0.0145. The second-order valence-corrected chi connectivity index (χ2v) is 5.32. The van der Waals surface area contributed by atoms with Crippen LogP contribution in [-0.2, 0) is 6.54 Å². The number of amides is 1. The zero-order valence-corrected chi connectivity index (χ0v) is 13.6. The Balaban J connectivity index is 2.07. The van der Waals surface area contributed by atoms with E-state index in [0.717, 1.165) is 0 Å². The Morgan fingerprint density at radius 2 is 2.13 bits per heavy atom. The van der Waals surface area contributed by atoms with E-state index in [4.69, 9.17) is 4.74 Å². The molecular formula is C15H13BrF2N2O3. The smallest absolute Gasteiger partial charge is 0.387 e. The van der Waals surface area contributed by atoms with Gasteiger partial charge in [-0.05, 0) is 24.3 Å². The first-order chi connectivity index (χ1) is 11.0. The molecule has 0 aliphatic carbocycles. The van der Waals surface area contributed by atoms with E-state index in [1.807, 2.05) is 0 Å². The summed E-state index contributed by atoms with van der Waals surface area (Å²) < 4.78 is 34.8. The third kappa shape index (κ3) is 4.88. The molecule has 122 valence electrons. The molecule has 5 nitrogen and oxygen atoms in total. The van der Waals surface area contributed by atoms with Crippen molar-refractivity contribution in [3.63, 3.8) is 0 Å². The first kappa shape index (κ1) is 17.1. The van der Waals surface area contributed by atoms with Crippen LogP contribution in [0.5, 0.6) is 11.6 Å². The number of aromatic nitrogens is 1. The Labute approximate surface area is 139 Å².